The van der Waals surface area contributed by atoms with Crippen LogP contribution in [0.25, 0.3) is 0 Å². The van der Waals surface area contributed by atoms with Crippen LogP contribution in [0.4, 0.5) is 11.4 Å². The lowest BCUT2D eigenvalue weighted by molar-refractivity contribution is -0.155. The Bertz CT molecular complexity index is 1770. The van der Waals surface area contributed by atoms with Gasteiger partial charge in [-0.05, 0) is 144 Å². The van der Waals surface area contributed by atoms with Gasteiger partial charge in [0.2, 0.25) is 5.91 Å². The minimum atomic E-state index is -0.514. The molecule has 1 atom stereocenters. The number of esters is 2. The summed E-state index contributed by atoms with van der Waals surface area (Å²) in [5, 5.41) is 0.630. The lowest BCUT2D eigenvalue weighted by Gasteiger charge is -2.39. The van der Waals surface area contributed by atoms with Gasteiger partial charge in [0.05, 0.1) is 39.3 Å². The summed E-state index contributed by atoms with van der Waals surface area (Å²) >= 11 is 6.31. The molecule has 10 nitrogen and oxygen atoms in total. The second-order valence-corrected chi connectivity index (χ2v) is 16.5. The number of carbonyl (C=O) groups excluding carboxylic acids is 3. The first-order valence-electron chi connectivity index (χ1n) is 19.4. The second kappa shape index (κ2) is 18.6. The van der Waals surface area contributed by atoms with Crippen molar-refractivity contribution in [3.8, 4) is 11.5 Å². The summed E-state index contributed by atoms with van der Waals surface area (Å²) < 4.78 is 22.3. The van der Waals surface area contributed by atoms with Crippen LogP contribution in [-0.2, 0) is 30.3 Å². The summed E-state index contributed by atoms with van der Waals surface area (Å²) in [6.45, 7) is 11.3. The van der Waals surface area contributed by atoms with Crippen molar-refractivity contribution in [1.82, 2.24) is 4.90 Å². The zero-order valence-electron chi connectivity index (χ0n) is 33.7. The third kappa shape index (κ3) is 11.2. The maximum absolute atomic E-state index is 14.0. The van der Waals surface area contributed by atoms with Gasteiger partial charge in [0.1, 0.15) is 5.60 Å². The highest BCUT2D eigenvalue weighted by Crippen LogP contribution is 2.44. The van der Waals surface area contributed by atoms with Crippen molar-refractivity contribution >= 4 is 40.8 Å². The van der Waals surface area contributed by atoms with E-state index in [0.717, 1.165) is 60.3 Å². The lowest BCUT2D eigenvalue weighted by Crippen LogP contribution is -2.43. The van der Waals surface area contributed by atoms with Crippen LogP contribution in [0, 0.1) is 5.92 Å². The van der Waals surface area contributed by atoms with Gasteiger partial charge in [0.15, 0.2) is 11.5 Å². The molecule has 0 bridgehead atoms. The van der Waals surface area contributed by atoms with Crippen LogP contribution >= 0.6 is 11.6 Å². The Labute approximate surface area is 332 Å². The number of fused-ring (bicyclic) bond motifs is 1. The largest absolute Gasteiger partial charge is 0.493 e. The zero-order chi connectivity index (χ0) is 39.9. The van der Waals surface area contributed by atoms with E-state index in [1.54, 1.807) is 7.11 Å². The fourth-order valence-electron chi connectivity index (χ4n) is 7.82. The third-order valence-electron chi connectivity index (χ3n) is 10.4. The maximum atomic E-state index is 14.0. The summed E-state index contributed by atoms with van der Waals surface area (Å²) in [4.78, 5) is 44.9. The summed E-state index contributed by atoms with van der Waals surface area (Å²) in [6, 6.07) is 19.7. The van der Waals surface area contributed by atoms with E-state index in [4.69, 9.17) is 30.5 Å². The van der Waals surface area contributed by atoms with E-state index in [1.165, 1.54) is 7.11 Å². The molecule has 1 aliphatic heterocycles. The molecule has 0 N–H and O–H groups in total. The summed E-state index contributed by atoms with van der Waals surface area (Å²) in [5.74, 6) is 1.27. The lowest BCUT2D eigenvalue weighted by atomic mass is 9.84. The Morgan fingerprint density at radius 1 is 0.927 bits per heavy atom. The number of rotatable bonds is 15. The number of hydrogen-bond acceptors (Lipinski definition) is 9. The molecule has 1 saturated carbocycles. The van der Waals surface area contributed by atoms with Crippen LogP contribution in [0.5, 0.6) is 11.5 Å². The van der Waals surface area contributed by atoms with Gasteiger partial charge in [0.25, 0.3) is 0 Å². The van der Waals surface area contributed by atoms with Crippen molar-refractivity contribution in [3.63, 3.8) is 0 Å². The first-order valence-corrected chi connectivity index (χ1v) is 19.8. The number of anilines is 2. The molecule has 3 aromatic carbocycles. The second-order valence-electron chi connectivity index (χ2n) is 16.1. The Morgan fingerprint density at radius 2 is 1.60 bits per heavy atom. The molecule has 3 aromatic rings. The summed E-state index contributed by atoms with van der Waals surface area (Å²) in [6.07, 6.45) is 5.15. The average Bonchev–Trinajstić information content (AvgIpc) is 3.13. The maximum Gasteiger partial charge on any atom is 0.319 e. The molecule has 1 amide bonds. The Morgan fingerprint density at radius 3 is 2.20 bits per heavy atom. The standard InChI is InChI=1S/C44H58ClN3O7/c1-29(2)54-39-26-37-32(24-38(39)52-7)25-40(49)48(43(37)31-13-15-33(45)16-14-31)36-21-19-34(20-22-36)46(6)27-30-11-17-35(18-12-30)47(28-42(51)53-8)23-9-10-41(50)55-44(3,4)5/h13-16,19-22,24,26,29-30,35,43H,9-12,17-18,23,25,27-28H2,1-8H3/t30?,35?,43-/m0/s1. The number of hydrogen-bond donors (Lipinski definition) is 0. The fourth-order valence-corrected chi connectivity index (χ4v) is 7.95. The first-order chi connectivity index (χ1) is 26.1. The summed E-state index contributed by atoms with van der Waals surface area (Å²) in [5.41, 5.74) is 4.22. The van der Waals surface area contributed by atoms with Gasteiger partial charge in [-0.3, -0.25) is 19.3 Å². The number of benzene rings is 3. The zero-order valence-corrected chi connectivity index (χ0v) is 34.5. The normalized spacial score (nSPS) is 18.6. The molecule has 55 heavy (non-hydrogen) atoms. The molecule has 1 aliphatic carbocycles. The molecule has 0 spiro atoms. The molecule has 2 aliphatic rings. The molecule has 11 heteroatoms. The van der Waals surface area contributed by atoms with E-state index < -0.39 is 5.60 Å². The van der Waals surface area contributed by atoms with Crippen LogP contribution in [-0.4, -0.2) is 81.4 Å². The highest BCUT2D eigenvalue weighted by molar-refractivity contribution is 6.30. The molecule has 1 heterocycles. The highest BCUT2D eigenvalue weighted by atomic mass is 35.5. The van der Waals surface area contributed by atoms with Crippen molar-refractivity contribution in [2.24, 2.45) is 5.92 Å². The van der Waals surface area contributed by atoms with E-state index in [0.29, 0.717) is 41.8 Å². The number of ether oxygens (including phenoxy) is 4. The van der Waals surface area contributed by atoms with Crippen molar-refractivity contribution < 1.29 is 33.3 Å². The topological polar surface area (TPSA) is 97.9 Å². The number of nitrogens with zero attached hydrogens (tertiary/aromatic N) is 3. The van der Waals surface area contributed by atoms with E-state index in [1.807, 2.05) is 88.0 Å². The molecule has 0 unspecified atom stereocenters. The monoisotopic (exact) mass is 775 g/mol. The molecule has 0 radical (unpaired) electrons. The average molecular weight is 776 g/mol. The van der Waals surface area contributed by atoms with E-state index in [-0.39, 0.29) is 49.0 Å². The van der Waals surface area contributed by atoms with Crippen LogP contribution in [0.2, 0.25) is 5.02 Å². The number of amides is 1. The van der Waals surface area contributed by atoms with Gasteiger partial charge < -0.3 is 28.7 Å². The van der Waals surface area contributed by atoms with Gasteiger partial charge in [-0.2, -0.15) is 0 Å². The number of halogens is 1. The molecular weight excluding hydrogens is 718 g/mol. The van der Waals surface area contributed by atoms with Crippen molar-refractivity contribution in [2.45, 2.75) is 103 Å². The van der Waals surface area contributed by atoms with Gasteiger partial charge >= 0.3 is 11.9 Å². The molecular formula is C44H58ClN3O7. The van der Waals surface area contributed by atoms with Crippen LogP contribution in [0.1, 0.15) is 95.9 Å². The molecule has 0 saturated heterocycles. The number of carbonyl (C=O) groups is 3. The first kappa shape index (κ1) is 41.9. The van der Waals surface area contributed by atoms with Crippen LogP contribution < -0.4 is 19.3 Å². The minimum absolute atomic E-state index is 0.00372. The predicted molar refractivity (Wildman–Crippen MR) is 217 cm³/mol. The van der Waals surface area contributed by atoms with Crippen molar-refractivity contribution in [2.75, 3.05) is 50.7 Å². The highest BCUT2D eigenvalue weighted by Gasteiger charge is 2.36. The SMILES string of the molecule is COC(=O)CN(CCCC(=O)OC(C)(C)C)C1CCC(CN(C)c2ccc(N3C(=O)Cc4cc(OC)c(OC(C)C)cc4[C@@H]3c3ccc(Cl)cc3)cc2)CC1. The molecule has 298 valence electrons. The van der Waals surface area contributed by atoms with Gasteiger partial charge in [-0.1, -0.05) is 23.7 Å². The third-order valence-corrected chi connectivity index (χ3v) is 10.6. The van der Waals surface area contributed by atoms with E-state index >= 15 is 0 Å². The van der Waals surface area contributed by atoms with Gasteiger partial charge in [0, 0.05) is 42.5 Å². The predicted octanol–water partition coefficient (Wildman–Crippen LogP) is 8.41. The van der Waals surface area contributed by atoms with Crippen molar-refractivity contribution in [1.29, 1.82) is 0 Å². The molecule has 0 aromatic heterocycles. The molecule has 5 rings (SSSR count). The summed E-state index contributed by atoms with van der Waals surface area (Å²) in [7, 11) is 5.15. The van der Waals surface area contributed by atoms with E-state index in [9.17, 15) is 14.4 Å². The Hall–Kier alpha value is -4.28. The molecule has 1 fully saturated rings. The Kier molecular flexibility index (Phi) is 14.1. The number of methoxy groups -OCH3 is 2. The minimum Gasteiger partial charge on any atom is -0.493 e. The smallest absolute Gasteiger partial charge is 0.319 e. The van der Waals surface area contributed by atoms with E-state index in [2.05, 4.69) is 29.0 Å². The van der Waals surface area contributed by atoms with Gasteiger partial charge in [-0.25, -0.2) is 0 Å². The van der Waals surface area contributed by atoms with Crippen molar-refractivity contribution in [3.05, 3.63) is 82.4 Å². The van der Waals surface area contributed by atoms with Crippen LogP contribution in [0.3, 0.4) is 0 Å². The fraction of sp³-hybridized carbons (Fsp3) is 0.523. The van der Waals surface area contributed by atoms with Gasteiger partial charge in [-0.15, -0.1) is 0 Å². The quantitative estimate of drug-likeness (QED) is 0.141. The van der Waals surface area contributed by atoms with Crippen LogP contribution in [0.15, 0.2) is 60.7 Å². The Balaban J connectivity index is 1.26.